The molecule has 0 aromatic rings. The van der Waals surface area contributed by atoms with Crippen molar-refractivity contribution in [2.45, 2.75) is 6.41 Å². The van der Waals surface area contributed by atoms with Crippen LogP contribution < -0.4 is 5.73 Å². The summed E-state index contributed by atoms with van der Waals surface area (Å²) in [4.78, 5) is 0. The average Bonchev–Trinajstić information content (AvgIpc) is 1.65. The van der Waals surface area contributed by atoms with Gasteiger partial charge in [0.2, 0.25) is 6.41 Å². The Morgan fingerprint density at radius 2 is 1.57 bits per heavy atom. The number of hydrogen-bond acceptors (Lipinski definition) is 3. The van der Waals surface area contributed by atoms with E-state index in [0.717, 1.165) is 0 Å². The molecule has 0 aliphatic heterocycles. The molecule has 0 saturated carbocycles. The van der Waals surface area contributed by atoms with Crippen molar-refractivity contribution in [3.8, 4) is 0 Å². The predicted octanol–water partition coefficient (Wildman–Crippen LogP) is -0.479. The van der Waals surface area contributed by atoms with Crippen molar-refractivity contribution >= 4 is 0 Å². The number of rotatable bonds is 2. The van der Waals surface area contributed by atoms with Gasteiger partial charge in [0.25, 0.3) is 0 Å². The fourth-order valence-electron chi connectivity index (χ4n) is 0.0962. The predicted molar refractivity (Wildman–Crippen MR) is 22.0 cm³/mol. The molecule has 0 fully saturated rings. The SMILES string of the molecule is COC(N)OC.[U]. The van der Waals surface area contributed by atoms with Crippen molar-refractivity contribution in [1.82, 2.24) is 0 Å². The second-order valence-electron chi connectivity index (χ2n) is 0.840. The summed E-state index contributed by atoms with van der Waals surface area (Å²) >= 11 is 0. The number of hydrogen-bond donors (Lipinski definition) is 1. The maximum Gasteiger partial charge on any atom is 0.212 e. The molecule has 0 atom stereocenters. The molecule has 4 heteroatoms. The third-order valence-electron chi connectivity index (χ3n) is 0.465. The van der Waals surface area contributed by atoms with Gasteiger partial charge in [-0.15, -0.1) is 0 Å². The number of nitrogens with two attached hydrogens (primary N) is 1. The Hall–Kier alpha value is 0.932. The Labute approximate surface area is 66.9 Å². The van der Waals surface area contributed by atoms with Crippen LogP contribution in [0.1, 0.15) is 0 Å². The summed E-state index contributed by atoms with van der Waals surface area (Å²) in [5.74, 6) is 0. The zero-order chi connectivity index (χ0) is 4.99. The van der Waals surface area contributed by atoms with Crippen LogP contribution >= 0.6 is 0 Å². The molecular formula is C3H9NO2U. The molecule has 0 aliphatic carbocycles. The molecule has 0 aromatic carbocycles. The van der Waals surface area contributed by atoms with Gasteiger partial charge in [-0.2, -0.15) is 0 Å². The van der Waals surface area contributed by atoms with E-state index >= 15 is 0 Å². The van der Waals surface area contributed by atoms with E-state index in [2.05, 4.69) is 9.47 Å². The maximum absolute atomic E-state index is 5.03. The minimum absolute atomic E-state index is 0. The van der Waals surface area contributed by atoms with E-state index in [4.69, 9.17) is 5.73 Å². The van der Waals surface area contributed by atoms with Crippen molar-refractivity contribution in [2.24, 2.45) is 5.73 Å². The zero-order valence-electron chi connectivity index (χ0n) is 4.47. The van der Waals surface area contributed by atoms with Gasteiger partial charge in [0, 0.05) is 45.3 Å². The van der Waals surface area contributed by atoms with Gasteiger partial charge in [-0.25, -0.2) is 0 Å². The van der Waals surface area contributed by atoms with Gasteiger partial charge in [0.05, 0.1) is 0 Å². The molecule has 0 rings (SSSR count). The molecule has 0 amide bonds. The Kier molecular flexibility index (Phi) is 10.7. The van der Waals surface area contributed by atoms with Gasteiger partial charge in [0.15, 0.2) is 0 Å². The van der Waals surface area contributed by atoms with Crippen molar-refractivity contribution in [2.75, 3.05) is 14.2 Å². The largest absolute Gasteiger partial charge is 0.343 e. The normalized spacial score (nSPS) is 8.57. The molecule has 0 spiro atoms. The molecular weight excluding hydrogens is 320 g/mol. The molecule has 42 valence electrons. The van der Waals surface area contributed by atoms with Crippen molar-refractivity contribution in [3.63, 3.8) is 0 Å². The van der Waals surface area contributed by atoms with Gasteiger partial charge in [0.1, 0.15) is 0 Å². The van der Waals surface area contributed by atoms with E-state index in [9.17, 15) is 0 Å². The fourth-order valence-corrected chi connectivity index (χ4v) is 0.0962. The van der Waals surface area contributed by atoms with Gasteiger partial charge in [-0.3, -0.25) is 5.73 Å². The van der Waals surface area contributed by atoms with Crippen molar-refractivity contribution < 1.29 is 40.6 Å². The summed E-state index contributed by atoms with van der Waals surface area (Å²) in [6.45, 7) is 0. The first kappa shape index (κ1) is 10.8. The molecule has 0 aromatic heterocycles. The Morgan fingerprint density at radius 3 is 1.57 bits per heavy atom. The summed E-state index contributed by atoms with van der Waals surface area (Å²) in [6.07, 6.45) is -0.565. The van der Waals surface area contributed by atoms with E-state index < -0.39 is 6.41 Å². The molecule has 3 nitrogen and oxygen atoms in total. The van der Waals surface area contributed by atoms with Crippen LogP contribution in [-0.4, -0.2) is 20.6 Å². The maximum atomic E-state index is 5.03. The van der Waals surface area contributed by atoms with Crippen molar-refractivity contribution in [1.29, 1.82) is 0 Å². The first-order chi connectivity index (χ1) is 2.81. The first-order valence-electron chi connectivity index (χ1n) is 1.62. The molecule has 0 aliphatic rings. The summed E-state index contributed by atoms with van der Waals surface area (Å²) in [5.41, 5.74) is 5.03. The van der Waals surface area contributed by atoms with Crippen molar-refractivity contribution in [3.05, 3.63) is 0 Å². The fraction of sp³-hybridized carbons (Fsp3) is 1.00. The number of ether oxygens (including phenoxy) is 2. The second-order valence-corrected chi connectivity index (χ2v) is 0.840. The van der Waals surface area contributed by atoms with Crippen LogP contribution in [0.15, 0.2) is 0 Å². The molecule has 2 N–H and O–H groups in total. The van der Waals surface area contributed by atoms with E-state index in [1.807, 2.05) is 0 Å². The summed E-state index contributed by atoms with van der Waals surface area (Å²) in [6, 6.07) is 0. The molecule has 0 heterocycles. The minimum atomic E-state index is -0.565. The topological polar surface area (TPSA) is 44.5 Å². The zero-order valence-corrected chi connectivity index (χ0v) is 8.63. The third-order valence-corrected chi connectivity index (χ3v) is 0.465. The summed E-state index contributed by atoms with van der Waals surface area (Å²) in [7, 11) is 2.96. The van der Waals surface area contributed by atoms with E-state index in [1.54, 1.807) is 0 Å². The first-order valence-corrected chi connectivity index (χ1v) is 1.62. The standard InChI is InChI=1S/C3H9NO2.U/c1-5-3(4)6-2;/h3H,4H2,1-2H3;. The van der Waals surface area contributed by atoms with Crippen LogP contribution in [0.4, 0.5) is 0 Å². The Bertz CT molecular complexity index is 32.1. The Morgan fingerprint density at radius 1 is 1.29 bits per heavy atom. The van der Waals surface area contributed by atoms with E-state index in [1.165, 1.54) is 14.2 Å². The monoisotopic (exact) mass is 329 g/mol. The van der Waals surface area contributed by atoms with Gasteiger partial charge in [-0.05, 0) is 0 Å². The van der Waals surface area contributed by atoms with Gasteiger partial charge in [-0.1, -0.05) is 0 Å². The van der Waals surface area contributed by atoms with E-state index in [0.29, 0.717) is 0 Å². The van der Waals surface area contributed by atoms with Crippen LogP contribution in [-0.2, 0) is 9.47 Å². The minimum Gasteiger partial charge on any atom is -0.343 e. The molecule has 0 bridgehead atoms. The van der Waals surface area contributed by atoms with E-state index in [-0.39, 0.29) is 31.1 Å². The Balaban J connectivity index is 0. The van der Waals surface area contributed by atoms with Crippen LogP contribution in [0.25, 0.3) is 0 Å². The molecule has 7 heavy (non-hydrogen) atoms. The molecule has 0 saturated heterocycles. The summed E-state index contributed by atoms with van der Waals surface area (Å²) in [5, 5.41) is 0. The second kappa shape index (κ2) is 6.93. The van der Waals surface area contributed by atoms with Crippen LogP contribution in [0.2, 0.25) is 0 Å². The number of methoxy groups -OCH3 is 2. The third kappa shape index (κ3) is 6.93. The van der Waals surface area contributed by atoms with Crippen LogP contribution in [0.3, 0.4) is 0 Å². The van der Waals surface area contributed by atoms with Crippen LogP contribution in [0, 0.1) is 31.1 Å². The molecule has 0 radical (unpaired) electrons. The quantitative estimate of drug-likeness (QED) is 0.696. The van der Waals surface area contributed by atoms with Gasteiger partial charge < -0.3 is 9.47 Å². The van der Waals surface area contributed by atoms with Gasteiger partial charge >= 0.3 is 0 Å². The average molecular weight is 329 g/mol. The summed E-state index contributed by atoms with van der Waals surface area (Å²) < 4.78 is 8.91. The molecule has 0 unspecified atom stereocenters. The smallest absolute Gasteiger partial charge is 0.212 e. The van der Waals surface area contributed by atoms with Crippen LogP contribution in [0.5, 0.6) is 0 Å².